The Kier molecular flexibility index (Phi) is 7.55. The quantitative estimate of drug-likeness (QED) is 0.554. The van der Waals surface area contributed by atoms with Crippen molar-refractivity contribution in [3.63, 3.8) is 0 Å². The number of hydrogen-bond acceptors (Lipinski definition) is 5. The normalized spacial score (nSPS) is 16.6. The van der Waals surface area contributed by atoms with Gasteiger partial charge in [0.15, 0.2) is 6.61 Å². The van der Waals surface area contributed by atoms with Gasteiger partial charge in [0, 0.05) is 13.2 Å². The number of unbranched alkanes of at least 4 members (excludes halogenated alkanes) is 1. The molecule has 1 saturated heterocycles. The molecular formula is C18H25NO5. The molecule has 1 aliphatic heterocycles. The first-order chi connectivity index (χ1) is 11.7. The van der Waals surface area contributed by atoms with Crippen molar-refractivity contribution < 1.29 is 23.8 Å². The van der Waals surface area contributed by atoms with Gasteiger partial charge in [-0.25, -0.2) is 4.79 Å². The first-order valence-corrected chi connectivity index (χ1v) is 8.47. The van der Waals surface area contributed by atoms with Crippen LogP contribution in [-0.2, 0) is 14.3 Å². The van der Waals surface area contributed by atoms with E-state index in [1.165, 1.54) is 0 Å². The van der Waals surface area contributed by atoms with Gasteiger partial charge < -0.3 is 19.5 Å². The van der Waals surface area contributed by atoms with Crippen LogP contribution in [-0.4, -0.2) is 44.3 Å². The molecule has 6 nitrogen and oxygen atoms in total. The largest absolute Gasteiger partial charge is 0.491 e. The maximum atomic E-state index is 11.9. The minimum atomic E-state index is -0.522. The van der Waals surface area contributed by atoms with Gasteiger partial charge in [0.2, 0.25) is 0 Å². The Morgan fingerprint density at radius 2 is 2.08 bits per heavy atom. The summed E-state index contributed by atoms with van der Waals surface area (Å²) in [5, 5.41) is 2.69. The molecule has 0 unspecified atom stereocenters. The Morgan fingerprint density at radius 3 is 2.75 bits per heavy atom. The second-order valence-electron chi connectivity index (χ2n) is 5.75. The van der Waals surface area contributed by atoms with Gasteiger partial charge in [-0.3, -0.25) is 4.79 Å². The molecule has 24 heavy (non-hydrogen) atoms. The summed E-state index contributed by atoms with van der Waals surface area (Å²) in [7, 11) is 0. The van der Waals surface area contributed by atoms with Gasteiger partial charge in [0.25, 0.3) is 5.91 Å². The second-order valence-corrected chi connectivity index (χ2v) is 5.75. The standard InChI is InChI=1S/C18H25NO5/c1-2-3-10-19-17(20)13-24-18(21)14-6-8-15(9-7-14)23-12-16-5-4-11-22-16/h6-9,16H,2-5,10-13H2,1H3,(H,19,20)/t16-/m0/s1. The molecule has 6 heteroatoms. The summed E-state index contributed by atoms with van der Waals surface area (Å²) in [5.41, 5.74) is 0.390. The van der Waals surface area contributed by atoms with E-state index in [9.17, 15) is 9.59 Å². The van der Waals surface area contributed by atoms with Gasteiger partial charge in [-0.1, -0.05) is 13.3 Å². The van der Waals surface area contributed by atoms with E-state index in [4.69, 9.17) is 14.2 Å². The average molecular weight is 335 g/mol. The molecule has 132 valence electrons. The molecule has 1 amide bonds. The van der Waals surface area contributed by atoms with Crippen molar-refractivity contribution in [2.24, 2.45) is 0 Å². The smallest absolute Gasteiger partial charge is 0.338 e. The number of esters is 1. The third-order valence-corrected chi connectivity index (χ3v) is 3.74. The molecule has 1 aromatic rings. The molecular weight excluding hydrogens is 310 g/mol. The SMILES string of the molecule is CCCCNC(=O)COC(=O)c1ccc(OC[C@@H]2CCCO2)cc1. The Morgan fingerprint density at radius 1 is 1.29 bits per heavy atom. The van der Waals surface area contributed by atoms with Gasteiger partial charge in [0.05, 0.1) is 11.7 Å². The number of rotatable bonds is 9. The van der Waals surface area contributed by atoms with Crippen molar-refractivity contribution in [2.75, 3.05) is 26.4 Å². The third kappa shape index (κ3) is 6.20. The lowest BCUT2D eigenvalue weighted by molar-refractivity contribution is -0.124. The minimum Gasteiger partial charge on any atom is -0.491 e. The Balaban J connectivity index is 1.71. The fourth-order valence-electron chi connectivity index (χ4n) is 2.32. The monoisotopic (exact) mass is 335 g/mol. The number of benzene rings is 1. The first kappa shape index (κ1) is 18.3. The molecule has 0 radical (unpaired) electrons. The molecule has 0 aromatic heterocycles. The maximum Gasteiger partial charge on any atom is 0.338 e. The van der Waals surface area contributed by atoms with E-state index in [1.807, 2.05) is 6.92 Å². The van der Waals surface area contributed by atoms with Crippen molar-refractivity contribution in [2.45, 2.75) is 38.7 Å². The van der Waals surface area contributed by atoms with Crippen LogP contribution in [0.25, 0.3) is 0 Å². The van der Waals surface area contributed by atoms with Crippen LogP contribution in [0.4, 0.5) is 0 Å². The number of carbonyl (C=O) groups excluding carboxylic acids is 2. The summed E-state index contributed by atoms with van der Waals surface area (Å²) in [6, 6.07) is 6.68. The van der Waals surface area contributed by atoms with Crippen LogP contribution < -0.4 is 10.1 Å². The highest BCUT2D eigenvalue weighted by Crippen LogP contribution is 2.17. The molecule has 0 saturated carbocycles. The zero-order chi connectivity index (χ0) is 17.2. The van der Waals surface area contributed by atoms with Gasteiger partial charge >= 0.3 is 5.97 Å². The fraction of sp³-hybridized carbons (Fsp3) is 0.556. The molecule has 1 atom stereocenters. The van der Waals surface area contributed by atoms with Gasteiger partial charge in [-0.15, -0.1) is 0 Å². The highest BCUT2D eigenvalue weighted by molar-refractivity contribution is 5.91. The number of hydrogen-bond donors (Lipinski definition) is 1. The van der Waals surface area contributed by atoms with E-state index in [1.54, 1.807) is 24.3 Å². The van der Waals surface area contributed by atoms with Crippen molar-refractivity contribution in [1.29, 1.82) is 0 Å². The summed E-state index contributed by atoms with van der Waals surface area (Å²) in [6.07, 6.45) is 4.16. The predicted octanol–water partition coefficient (Wildman–Crippen LogP) is 2.32. The molecule has 1 aromatic carbocycles. The summed E-state index contributed by atoms with van der Waals surface area (Å²) < 4.78 is 16.1. The lowest BCUT2D eigenvalue weighted by Gasteiger charge is -2.11. The van der Waals surface area contributed by atoms with Gasteiger partial charge in [-0.05, 0) is 43.5 Å². The van der Waals surface area contributed by atoms with Crippen molar-refractivity contribution in [3.05, 3.63) is 29.8 Å². The van der Waals surface area contributed by atoms with E-state index < -0.39 is 5.97 Å². The van der Waals surface area contributed by atoms with Gasteiger partial charge in [0.1, 0.15) is 12.4 Å². The van der Waals surface area contributed by atoms with Crippen LogP contribution in [0.2, 0.25) is 0 Å². The Labute approximate surface area is 142 Å². The highest BCUT2D eigenvalue weighted by atomic mass is 16.5. The molecule has 0 aliphatic carbocycles. The van der Waals surface area contributed by atoms with E-state index in [0.29, 0.717) is 24.5 Å². The molecule has 0 spiro atoms. The third-order valence-electron chi connectivity index (χ3n) is 3.74. The van der Waals surface area contributed by atoms with Crippen LogP contribution in [0.3, 0.4) is 0 Å². The summed E-state index contributed by atoms with van der Waals surface area (Å²) in [4.78, 5) is 23.4. The van der Waals surface area contributed by atoms with Crippen molar-refractivity contribution >= 4 is 11.9 Å². The number of nitrogens with one attached hydrogen (secondary N) is 1. The summed E-state index contributed by atoms with van der Waals surface area (Å²) in [6.45, 7) is 3.69. The number of amides is 1. The first-order valence-electron chi connectivity index (χ1n) is 8.47. The van der Waals surface area contributed by atoms with Crippen molar-refractivity contribution in [3.8, 4) is 5.75 Å². The van der Waals surface area contributed by atoms with Crippen LogP contribution in [0.1, 0.15) is 43.0 Å². The average Bonchev–Trinajstić information content (AvgIpc) is 3.12. The van der Waals surface area contributed by atoms with E-state index in [0.717, 1.165) is 32.3 Å². The lowest BCUT2D eigenvalue weighted by atomic mass is 10.2. The molecule has 1 aliphatic rings. The molecule has 1 heterocycles. The number of ether oxygens (including phenoxy) is 3. The Bertz CT molecular complexity index is 523. The maximum absolute atomic E-state index is 11.9. The zero-order valence-corrected chi connectivity index (χ0v) is 14.1. The van der Waals surface area contributed by atoms with Crippen LogP contribution in [0.5, 0.6) is 5.75 Å². The molecule has 2 rings (SSSR count). The van der Waals surface area contributed by atoms with Crippen molar-refractivity contribution in [1.82, 2.24) is 5.32 Å². The minimum absolute atomic E-state index is 0.154. The molecule has 0 bridgehead atoms. The summed E-state index contributed by atoms with van der Waals surface area (Å²) in [5.74, 6) is -0.126. The van der Waals surface area contributed by atoms with Crippen LogP contribution >= 0.6 is 0 Å². The van der Waals surface area contributed by atoms with E-state index in [-0.39, 0.29) is 18.6 Å². The van der Waals surface area contributed by atoms with E-state index in [2.05, 4.69) is 5.32 Å². The van der Waals surface area contributed by atoms with Gasteiger partial charge in [-0.2, -0.15) is 0 Å². The van der Waals surface area contributed by atoms with Crippen LogP contribution in [0.15, 0.2) is 24.3 Å². The summed E-state index contributed by atoms with van der Waals surface area (Å²) >= 11 is 0. The molecule has 1 N–H and O–H groups in total. The number of carbonyl (C=O) groups is 2. The fourth-order valence-corrected chi connectivity index (χ4v) is 2.32. The topological polar surface area (TPSA) is 73.9 Å². The zero-order valence-electron chi connectivity index (χ0n) is 14.1. The predicted molar refractivity (Wildman–Crippen MR) is 89.1 cm³/mol. The second kappa shape index (κ2) is 9.93. The Hall–Kier alpha value is -2.08. The van der Waals surface area contributed by atoms with E-state index >= 15 is 0 Å². The highest BCUT2D eigenvalue weighted by Gasteiger charge is 2.16. The van der Waals surface area contributed by atoms with Crippen LogP contribution in [0, 0.1) is 0 Å². The lowest BCUT2D eigenvalue weighted by Crippen LogP contribution is -2.29. The molecule has 1 fully saturated rings.